The number of furan rings is 1. The first-order valence-electron chi connectivity index (χ1n) is 39.0. The van der Waals surface area contributed by atoms with E-state index in [9.17, 15) is 77.3 Å². The van der Waals surface area contributed by atoms with Crippen molar-refractivity contribution in [1.82, 2.24) is 73.2 Å². The molecule has 3 saturated heterocycles. The Hall–Kier alpha value is -11.3. The number of methoxy groups -OCH3 is 3. The van der Waals surface area contributed by atoms with E-state index < -0.39 is 174 Å². The molecule has 634 valence electrons. The molecule has 3 fully saturated rings. The average molecular weight is 1640 g/mol. The summed E-state index contributed by atoms with van der Waals surface area (Å²) in [5, 5.41) is 58.8. The molecule has 3 aliphatic heterocycles. The minimum atomic E-state index is -1.87. The lowest BCUT2D eigenvalue weighted by Gasteiger charge is -2.32. The highest BCUT2D eigenvalue weighted by atomic mass is 35.5. The Morgan fingerprint density at radius 3 is 1.73 bits per heavy atom. The fourth-order valence-corrected chi connectivity index (χ4v) is 14.1. The van der Waals surface area contributed by atoms with Crippen LogP contribution < -0.4 is 78.4 Å². The summed E-state index contributed by atoms with van der Waals surface area (Å²) in [5.41, 5.74) is 6.80. The topological polar surface area (TPSA) is 512 Å². The molecule has 37 heteroatoms. The number of nitrogens with zero attached hydrogens (tertiary/aromatic N) is 3. The van der Waals surface area contributed by atoms with Crippen LogP contribution in [-0.2, 0) is 75.2 Å². The second-order valence-corrected chi connectivity index (χ2v) is 30.4. The number of hydrogen-bond acceptors (Lipinski definition) is 20. The molecule has 13 amide bonds. The third-order valence-corrected chi connectivity index (χ3v) is 20.4. The van der Waals surface area contributed by atoms with Crippen LogP contribution in [0.5, 0.6) is 17.2 Å². The number of aliphatic hydroxyl groups excluding tert-OH is 1. The van der Waals surface area contributed by atoms with E-state index in [0.29, 0.717) is 46.0 Å². The van der Waals surface area contributed by atoms with Crippen LogP contribution in [0, 0.1) is 17.2 Å². The van der Waals surface area contributed by atoms with Gasteiger partial charge in [0.2, 0.25) is 76.6 Å². The zero-order chi connectivity index (χ0) is 85.2. The third kappa shape index (κ3) is 26.1. The highest BCUT2D eigenvalue weighted by Crippen LogP contribution is 2.37. The summed E-state index contributed by atoms with van der Waals surface area (Å²) in [6.07, 6.45) is 0.835. The molecular formula is C79H111ClN16O20. The second kappa shape index (κ2) is 44.0. The molecule has 1 unspecified atom stereocenters. The molecule has 16 N–H and O–H groups in total. The SMILES string of the molecule is CCCCCNC(=O)CNC(=O)C1CCCN1C(=O)[C@H](CCCNC(=N)N)NC(=O)[C@H](Cc1ccc(Cl)cc1)NC(=O)[C@@H]1C[C@H](O)CN1C(=O)[C@@H](NC(=O)[C@H](C)NC(=O)[C@H](CC(=O)O)NC(=O)[C@@H]1CCCN1C(=O)[C@H](Cc1ccc(OC)cc1)NC(=O)[C@H](C)NC(=O)[C@H](CC(C)C)NC(=O)c1cc2ccc(OC)c(OC)c2o1)C(C)C. The van der Waals surface area contributed by atoms with Gasteiger partial charge in [0.1, 0.15) is 72.2 Å². The van der Waals surface area contributed by atoms with E-state index >= 15 is 0 Å². The van der Waals surface area contributed by atoms with Crippen LogP contribution in [0.15, 0.2) is 71.1 Å². The number of nitrogens with one attached hydrogen (secondary N) is 12. The van der Waals surface area contributed by atoms with Gasteiger partial charge in [-0.2, -0.15) is 0 Å². The minimum Gasteiger partial charge on any atom is -0.497 e. The number of benzene rings is 3. The molecule has 0 aliphatic carbocycles. The third-order valence-electron chi connectivity index (χ3n) is 20.2. The van der Waals surface area contributed by atoms with Gasteiger partial charge in [-0.25, -0.2) is 0 Å². The van der Waals surface area contributed by atoms with Crippen molar-refractivity contribution in [1.29, 1.82) is 5.41 Å². The highest BCUT2D eigenvalue weighted by Gasteiger charge is 2.46. The molecule has 0 radical (unpaired) electrons. The lowest BCUT2D eigenvalue weighted by molar-refractivity contribution is -0.144. The zero-order valence-corrected chi connectivity index (χ0v) is 67.9. The summed E-state index contributed by atoms with van der Waals surface area (Å²) < 4.78 is 22.0. The zero-order valence-electron chi connectivity index (χ0n) is 67.1. The fraction of sp³-hybridized carbons (Fsp3) is 0.557. The Morgan fingerprint density at radius 2 is 1.15 bits per heavy atom. The standard InChI is InChI=1S/C79H111ClN16O20/c1-11-12-13-30-83-62(98)40-85-72(106)57-18-15-32-94(57)76(110)52(17-14-31-84-79(81)82)88-71(105)54(35-46-20-25-49(80)26-21-46)89-74(108)59-38-50(97)41-96(59)78(112)64(43(4)5)93-68(102)45(7)87-70(104)55(39-63(99)100)90-73(107)58-19-16-33-95(58)77(111)56(36-47-22-27-51(113-8)28-23-47)92-67(101)44(6)86-69(103)53(34-42(2)3)91-75(109)61-37-48-24-29-60(114-9)66(115-10)65(48)116-61/h20-29,37,42-45,50,52-59,64,97H,11-19,30-36,38-41H2,1-10H3,(H,83,98)(H,85,106)(H,86,103)(H,87,104)(H,88,105)(H,89,108)(H,90,107)(H,91,109)(H,92,101)(H,93,102)(H,99,100)(H4,81,82,84)/t44-,45-,50-,52-,53-,54-,55-,56-,57?,58-,59-,64-/m0/s1. The summed E-state index contributed by atoms with van der Waals surface area (Å²) >= 11 is 6.23. The van der Waals surface area contributed by atoms with Gasteiger partial charge in [0.05, 0.1) is 40.4 Å². The van der Waals surface area contributed by atoms with Gasteiger partial charge >= 0.3 is 5.97 Å². The number of carbonyl (C=O) groups is 14. The maximum Gasteiger partial charge on any atom is 0.305 e. The van der Waals surface area contributed by atoms with Crippen molar-refractivity contribution < 1.29 is 96.0 Å². The number of fused-ring (bicyclic) bond motifs is 1. The van der Waals surface area contributed by atoms with Crippen molar-refractivity contribution in [2.45, 2.75) is 211 Å². The quantitative estimate of drug-likeness (QED) is 0.0167. The summed E-state index contributed by atoms with van der Waals surface area (Å²) in [6.45, 7) is 11.3. The predicted molar refractivity (Wildman–Crippen MR) is 424 cm³/mol. The molecule has 0 saturated carbocycles. The maximum absolute atomic E-state index is 14.9. The lowest BCUT2D eigenvalue weighted by Crippen LogP contribution is -2.61. The molecule has 1 aromatic heterocycles. The number of nitrogens with two attached hydrogens (primary N) is 1. The Balaban J connectivity index is 1.01. The normalized spacial score (nSPS) is 17.9. The molecule has 3 aliphatic rings. The van der Waals surface area contributed by atoms with E-state index in [1.165, 1.54) is 51.0 Å². The van der Waals surface area contributed by atoms with Crippen molar-refractivity contribution in [3.05, 3.63) is 88.6 Å². The predicted octanol–water partition coefficient (Wildman–Crippen LogP) is 0.936. The van der Waals surface area contributed by atoms with Crippen molar-refractivity contribution >= 4 is 111 Å². The molecule has 0 bridgehead atoms. The van der Waals surface area contributed by atoms with Crippen molar-refractivity contribution in [2.75, 3.05) is 60.6 Å². The smallest absolute Gasteiger partial charge is 0.305 e. The second-order valence-electron chi connectivity index (χ2n) is 29.9. The molecule has 3 aromatic carbocycles. The summed E-state index contributed by atoms with van der Waals surface area (Å²) in [7, 11) is 4.32. The van der Waals surface area contributed by atoms with Crippen LogP contribution in [0.2, 0.25) is 5.02 Å². The van der Waals surface area contributed by atoms with Gasteiger partial charge in [-0.15, -0.1) is 0 Å². The number of ether oxygens (including phenoxy) is 3. The number of β-amino-alcohol motifs (C(OH)–C–C–N with tert-alkyl or cyclic N) is 1. The Morgan fingerprint density at radius 1 is 0.586 bits per heavy atom. The van der Waals surface area contributed by atoms with E-state index in [1.807, 2.05) is 20.8 Å². The van der Waals surface area contributed by atoms with Crippen LogP contribution in [0.3, 0.4) is 0 Å². The van der Waals surface area contributed by atoms with Crippen LogP contribution >= 0.6 is 11.6 Å². The van der Waals surface area contributed by atoms with Gasteiger partial charge in [-0.1, -0.05) is 83.3 Å². The van der Waals surface area contributed by atoms with Gasteiger partial charge < -0.3 is 108 Å². The minimum absolute atomic E-state index is 0.0196. The van der Waals surface area contributed by atoms with Crippen molar-refractivity contribution in [3.8, 4) is 17.2 Å². The lowest BCUT2D eigenvalue weighted by atomic mass is 10.0. The highest BCUT2D eigenvalue weighted by molar-refractivity contribution is 6.30. The van der Waals surface area contributed by atoms with Crippen molar-refractivity contribution in [3.63, 3.8) is 0 Å². The molecule has 36 nitrogen and oxygen atoms in total. The summed E-state index contributed by atoms with van der Waals surface area (Å²) in [5.74, 6) is -12.2. The number of hydrogen-bond donors (Lipinski definition) is 15. The first-order valence-corrected chi connectivity index (χ1v) is 39.4. The fourth-order valence-electron chi connectivity index (χ4n) is 14.0. The van der Waals surface area contributed by atoms with Gasteiger partial charge in [-0.3, -0.25) is 72.5 Å². The first kappa shape index (κ1) is 91.9. The first-order chi connectivity index (χ1) is 55.1. The number of unbranched alkanes of at least 4 members (excludes halogenated alkanes) is 2. The van der Waals surface area contributed by atoms with Gasteiger partial charge in [0.15, 0.2) is 23.1 Å². The van der Waals surface area contributed by atoms with E-state index in [-0.39, 0.29) is 113 Å². The number of carboxylic acid groups (broad SMARTS) is 1. The van der Waals surface area contributed by atoms with E-state index in [1.54, 1.807) is 74.5 Å². The largest absolute Gasteiger partial charge is 0.497 e. The molecule has 12 atom stereocenters. The van der Waals surface area contributed by atoms with Gasteiger partial charge in [0.25, 0.3) is 5.91 Å². The van der Waals surface area contributed by atoms with Crippen LogP contribution in [0.4, 0.5) is 0 Å². The van der Waals surface area contributed by atoms with Crippen LogP contribution in [0.25, 0.3) is 11.0 Å². The molecule has 7 rings (SSSR count). The molecule has 0 spiro atoms. The van der Waals surface area contributed by atoms with Crippen LogP contribution in [0.1, 0.15) is 147 Å². The van der Waals surface area contributed by atoms with E-state index in [0.717, 1.165) is 24.2 Å². The molecule has 4 heterocycles. The number of halogens is 1. The summed E-state index contributed by atoms with van der Waals surface area (Å²) in [6, 6.07) is 2.30. The average Bonchev–Trinajstić information content (AvgIpc) is 1.64. The Bertz CT molecular complexity index is 4160. The number of amides is 13. The van der Waals surface area contributed by atoms with Gasteiger partial charge in [0, 0.05) is 62.4 Å². The molecule has 4 aromatic rings. The molecule has 116 heavy (non-hydrogen) atoms. The van der Waals surface area contributed by atoms with E-state index in [4.69, 9.17) is 41.4 Å². The van der Waals surface area contributed by atoms with Crippen molar-refractivity contribution in [2.24, 2.45) is 17.6 Å². The maximum atomic E-state index is 14.9. The Kier molecular flexibility index (Phi) is 34.8. The monoisotopic (exact) mass is 1640 g/mol. The number of likely N-dealkylation sites (tertiary alicyclic amines) is 3. The Labute approximate surface area is 677 Å². The number of carbonyl (C=O) groups excluding carboxylic acids is 13. The number of carboxylic acids is 1. The van der Waals surface area contributed by atoms with Gasteiger partial charge in [-0.05, 0) is 131 Å². The molecular weight excluding hydrogens is 1530 g/mol. The number of aliphatic hydroxyl groups is 1. The number of rotatable bonds is 42. The number of aliphatic carboxylic acids is 1. The van der Waals surface area contributed by atoms with Crippen LogP contribution in [-0.4, -0.2) is 247 Å². The van der Waals surface area contributed by atoms with E-state index in [2.05, 4.69) is 58.5 Å². The number of guanidine groups is 1. The summed E-state index contributed by atoms with van der Waals surface area (Å²) in [4.78, 5) is 201.